The first-order valence-electron chi connectivity index (χ1n) is 11.1. The van der Waals surface area contributed by atoms with Crippen LogP contribution in [0, 0.1) is 17.3 Å². The largest absolute Gasteiger partial charge is 0.374 e. The monoisotopic (exact) mass is 392 g/mol. The number of aryl methyl sites for hydroxylation is 1. The van der Waals surface area contributed by atoms with E-state index in [-0.39, 0.29) is 35.5 Å². The predicted molar refractivity (Wildman–Crippen MR) is 109 cm³/mol. The van der Waals surface area contributed by atoms with Crippen LogP contribution >= 0.6 is 0 Å². The average molecular weight is 392 g/mol. The van der Waals surface area contributed by atoms with Crippen molar-refractivity contribution in [2.24, 2.45) is 17.3 Å². The summed E-state index contributed by atoms with van der Waals surface area (Å²) in [5, 5.41) is 3.30. The molecule has 4 fully saturated rings. The Morgan fingerprint density at radius 3 is 2.76 bits per heavy atom. The number of hydrogen-bond acceptors (Lipinski definition) is 3. The van der Waals surface area contributed by atoms with Gasteiger partial charge in [0.1, 0.15) is 0 Å². The number of benzene rings is 1. The highest BCUT2D eigenvalue weighted by Crippen LogP contribution is 2.50. The normalized spacial score (nSPS) is 38.7. The Bertz CT molecular complexity index is 913. The molecule has 2 aliphatic carbocycles. The Labute approximate surface area is 171 Å². The minimum atomic E-state index is -0.368. The molecule has 1 N–H and O–H groups in total. The number of hydrogen-bond donors (Lipinski definition) is 1. The number of allylic oxidation sites excluding steroid dienone is 1. The number of carbonyl (C=O) groups excluding carboxylic acids is 2. The molecule has 2 bridgehead atoms. The van der Waals surface area contributed by atoms with E-state index in [0.29, 0.717) is 11.8 Å². The van der Waals surface area contributed by atoms with Crippen LogP contribution in [0.15, 0.2) is 24.3 Å². The molecule has 6 rings (SSSR count). The number of ether oxygens (including phenoxy) is 1. The molecule has 6 atom stereocenters. The maximum absolute atomic E-state index is 13.0. The van der Waals surface area contributed by atoms with Gasteiger partial charge in [-0.15, -0.1) is 0 Å². The summed E-state index contributed by atoms with van der Waals surface area (Å²) in [7, 11) is 0. The summed E-state index contributed by atoms with van der Waals surface area (Å²) in [5.41, 5.74) is 2.94. The van der Waals surface area contributed by atoms with Gasteiger partial charge < -0.3 is 15.0 Å². The number of likely N-dealkylation sites (tertiary alicyclic amines) is 1. The predicted octanol–water partition coefficient (Wildman–Crippen LogP) is 2.79. The Balaban J connectivity index is 1.07. The molecule has 2 amide bonds. The molecule has 3 saturated heterocycles. The zero-order chi connectivity index (χ0) is 19.8. The van der Waals surface area contributed by atoms with Crippen molar-refractivity contribution < 1.29 is 14.3 Å². The topological polar surface area (TPSA) is 58.6 Å². The van der Waals surface area contributed by atoms with Crippen molar-refractivity contribution in [2.45, 2.75) is 57.3 Å². The molecule has 3 aliphatic heterocycles. The lowest BCUT2D eigenvalue weighted by Crippen LogP contribution is -2.47. The van der Waals surface area contributed by atoms with Crippen molar-refractivity contribution in [3.05, 3.63) is 41.0 Å². The first kappa shape index (κ1) is 17.7. The SMILES string of the molecule is CC1(C(=O)NC2[C@H]3CN(C(=O)c4ccc5c(c4)CCC=C5)C[C@@H]23)CC2CCC1O2. The summed E-state index contributed by atoms with van der Waals surface area (Å²) in [6.45, 7) is 3.57. The van der Waals surface area contributed by atoms with Gasteiger partial charge >= 0.3 is 0 Å². The summed E-state index contributed by atoms with van der Waals surface area (Å²) in [5.74, 6) is 1.11. The Morgan fingerprint density at radius 2 is 2.03 bits per heavy atom. The molecule has 4 unspecified atom stereocenters. The minimum Gasteiger partial charge on any atom is -0.374 e. The van der Waals surface area contributed by atoms with Crippen LogP contribution in [0.4, 0.5) is 0 Å². The molecule has 0 aromatic heterocycles. The van der Waals surface area contributed by atoms with Crippen LogP contribution in [0.3, 0.4) is 0 Å². The van der Waals surface area contributed by atoms with Crippen LogP contribution in [-0.2, 0) is 16.0 Å². The van der Waals surface area contributed by atoms with Crippen LogP contribution in [0.5, 0.6) is 0 Å². The zero-order valence-electron chi connectivity index (χ0n) is 16.9. The van der Waals surface area contributed by atoms with Gasteiger partial charge in [-0.2, -0.15) is 0 Å². The number of nitrogens with zero attached hydrogens (tertiary/aromatic N) is 1. The standard InChI is InChI=1S/C24H28N2O3/c1-24(11-17-8-9-20(24)29-17)23(28)25-21-18-12-26(13-19(18)21)22(27)16-7-6-14-4-2-3-5-15(14)10-16/h2,4,6-7,10,17-21H,3,5,8-9,11-13H2,1H3,(H,25,28)/t17?,18-,19+,20?,21?,24?. The van der Waals surface area contributed by atoms with E-state index in [9.17, 15) is 9.59 Å². The third kappa shape index (κ3) is 2.70. The van der Waals surface area contributed by atoms with Crippen LogP contribution in [-0.4, -0.2) is 48.1 Å². The summed E-state index contributed by atoms with van der Waals surface area (Å²) < 4.78 is 5.92. The van der Waals surface area contributed by atoms with Crippen molar-refractivity contribution in [3.63, 3.8) is 0 Å². The number of carbonyl (C=O) groups is 2. The highest BCUT2D eigenvalue weighted by molar-refractivity contribution is 5.95. The van der Waals surface area contributed by atoms with E-state index in [0.717, 1.165) is 50.8 Å². The fraction of sp³-hybridized carbons (Fsp3) is 0.583. The maximum Gasteiger partial charge on any atom is 0.253 e. The van der Waals surface area contributed by atoms with Crippen LogP contribution in [0.1, 0.15) is 54.1 Å². The molecule has 3 heterocycles. The first-order chi connectivity index (χ1) is 14.0. The summed E-state index contributed by atoms with van der Waals surface area (Å²) in [4.78, 5) is 27.9. The molecule has 152 valence electrons. The highest BCUT2D eigenvalue weighted by atomic mass is 16.5. The van der Waals surface area contributed by atoms with Gasteiger partial charge in [0.25, 0.3) is 5.91 Å². The molecule has 0 radical (unpaired) electrons. The van der Waals surface area contributed by atoms with E-state index in [1.54, 1.807) is 0 Å². The molecule has 5 nitrogen and oxygen atoms in total. The molecule has 5 aliphatic rings. The lowest BCUT2D eigenvalue weighted by molar-refractivity contribution is -0.133. The molecule has 5 heteroatoms. The van der Waals surface area contributed by atoms with Gasteiger partial charge in [0, 0.05) is 36.5 Å². The van der Waals surface area contributed by atoms with Crippen molar-refractivity contribution in [3.8, 4) is 0 Å². The zero-order valence-corrected chi connectivity index (χ0v) is 16.9. The fourth-order valence-corrected chi connectivity index (χ4v) is 6.14. The quantitative estimate of drug-likeness (QED) is 0.861. The highest BCUT2D eigenvalue weighted by Gasteiger charge is 2.60. The van der Waals surface area contributed by atoms with Gasteiger partial charge in [-0.3, -0.25) is 9.59 Å². The summed E-state index contributed by atoms with van der Waals surface area (Å²) >= 11 is 0. The molecular weight excluding hydrogens is 364 g/mol. The van der Waals surface area contributed by atoms with E-state index < -0.39 is 0 Å². The van der Waals surface area contributed by atoms with E-state index in [1.165, 1.54) is 11.1 Å². The van der Waals surface area contributed by atoms with E-state index in [2.05, 4.69) is 36.5 Å². The molecular formula is C24H28N2O3. The van der Waals surface area contributed by atoms with Crippen LogP contribution < -0.4 is 5.32 Å². The van der Waals surface area contributed by atoms with Crippen molar-refractivity contribution in [1.82, 2.24) is 10.2 Å². The lowest BCUT2D eigenvalue weighted by atomic mass is 9.75. The van der Waals surface area contributed by atoms with Crippen molar-refractivity contribution >= 4 is 17.9 Å². The molecule has 0 spiro atoms. The van der Waals surface area contributed by atoms with E-state index in [1.807, 2.05) is 11.0 Å². The van der Waals surface area contributed by atoms with Gasteiger partial charge in [-0.25, -0.2) is 0 Å². The van der Waals surface area contributed by atoms with Gasteiger partial charge in [0.2, 0.25) is 5.91 Å². The lowest BCUT2D eigenvalue weighted by Gasteiger charge is -2.30. The Kier molecular flexibility index (Phi) is 3.77. The Hall–Kier alpha value is -2.14. The number of fused-ring (bicyclic) bond motifs is 4. The van der Waals surface area contributed by atoms with Crippen molar-refractivity contribution in [1.29, 1.82) is 0 Å². The summed E-state index contributed by atoms with van der Waals surface area (Å²) in [6, 6.07) is 6.32. The average Bonchev–Trinajstić information content (AvgIpc) is 3.16. The molecule has 1 aromatic rings. The smallest absolute Gasteiger partial charge is 0.253 e. The number of amides is 2. The second-order valence-electron chi connectivity index (χ2n) is 9.84. The third-order valence-corrected chi connectivity index (χ3v) is 8.04. The number of piperidine rings is 1. The minimum absolute atomic E-state index is 0.0861. The van der Waals surface area contributed by atoms with Gasteiger partial charge in [-0.1, -0.05) is 18.2 Å². The van der Waals surface area contributed by atoms with E-state index >= 15 is 0 Å². The van der Waals surface area contributed by atoms with Gasteiger partial charge in [0.15, 0.2) is 0 Å². The second-order valence-corrected chi connectivity index (χ2v) is 9.84. The van der Waals surface area contributed by atoms with E-state index in [4.69, 9.17) is 4.74 Å². The third-order valence-electron chi connectivity index (χ3n) is 8.04. The van der Waals surface area contributed by atoms with Gasteiger partial charge in [0.05, 0.1) is 17.6 Å². The first-order valence-corrected chi connectivity index (χ1v) is 11.1. The van der Waals surface area contributed by atoms with Crippen molar-refractivity contribution in [2.75, 3.05) is 13.1 Å². The molecule has 1 aromatic carbocycles. The van der Waals surface area contributed by atoms with Crippen LogP contribution in [0.25, 0.3) is 6.08 Å². The number of rotatable bonds is 3. The van der Waals surface area contributed by atoms with Gasteiger partial charge in [-0.05, 0) is 62.3 Å². The second kappa shape index (κ2) is 6.18. The maximum atomic E-state index is 13.0. The molecule has 1 saturated carbocycles. The molecule has 29 heavy (non-hydrogen) atoms. The Morgan fingerprint density at radius 1 is 1.21 bits per heavy atom. The number of nitrogens with one attached hydrogen (secondary N) is 1. The summed E-state index contributed by atoms with van der Waals surface area (Å²) in [6.07, 6.45) is 9.70. The van der Waals surface area contributed by atoms with Crippen LogP contribution in [0.2, 0.25) is 0 Å². The fourth-order valence-electron chi connectivity index (χ4n) is 6.14.